The lowest BCUT2D eigenvalue weighted by molar-refractivity contribution is 0.556. The molecule has 2 aromatic heterocycles. The minimum absolute atomic E-state index is 0.581. The van der Waals surface area contributed by atoms with Gasteiger partial charge in [-0.1, -0.05) is 17.8 Å². The molecule has 0 saturated heterocycles. The molecule has 0 atom stereocenters. The molecule has 0 unspecified atom stereocenters. The van der Waals surface area contributed by atoms with Crippen LogP contribution in [0.4, 0.5) is 5.69 Å². The molecular formula is C13H12N4OS. The zero-order valence-corrected chi connectivity index (χ0v) is 11.1. The van der Waals surface area contributed by atoms with E-state index >= 15 is 0 Å². The van der Waals surface area contributed by atoms with Gasteiger partial charge >= 0.3 is 0 Å². The summed E-state index contributed by atoms with van der Waals surface area (Å²) in [6.07, 6.45) is 3.58. The molecule has 2 heterocycles. The van der Waals surface area contributed by atoms with Crippen molar-refractivity contribution >= 4 is 28.5 Å². The lowest BCUT2D eigenvalue weighted by Gasteiger charge is -1.96. The maximum Gasteiger partial charge on any atom is 0.206 e. The number of fused-ring (bicyclic) bond motifs is 1. The molecule has 0 fully saturated rings. The van der Waals surface area contributed by atoms with Gasteiger partial charge in [0.15, 0.2) is 10.7 Å². The number of hydrogen-bond acceptors (Lipinski definition) is 6. The van der Waals surface area contributed by atoms with E-state index in [1.54, 1.807) is 12.4 Å². The van der Waals surface area contributed by atoms with E-state index in [1.807, 2.05) is 25.1 Å². The van der Waals surface area contributed by atoms with E-state index in [0.717, 1.165) is 5.56 Å². The lowest BCUT2D eigenvalue weighted by Crippen LogP contribution is -1.88. The van der Waals surface area contributed by atoms with E-state index < -0.39 is 0 Å². The zero-order chi connectivity index (χ0) is 13.2. The van der Waals surface area contributed by atoms with Gasteiger partial charge in [0.2, 0.25) is 5.89 Å². The summed E-state index contributed by atoms with van der Waals surface area (Å²) < 4.78 is 5.63. The van der Waals surface area contributed by atoms with Crippen molar-refractivity contribution in [1.29, 1.82) is 0 Å². The van der Waals surface area contributed by atoms with Crippen LogP contribution in [0.2, 0.25) is 0 Å². The van der Waals surface area contributed by atoms with Crippen LogP contribution < -0.4 is 5.73 Å². The minimum atomic E-state index is 0.581. The Hall–Kier alpha value is -2.08. The molecular weight excluding hydrogens is 260 g/mol. The van der Waals surface area contributed by atoms with Gasteiger partial charge < -0.3 is 10.2 Å². The monoisotopic (exact) mass is 272 g/mol. The quantitative estimate of drug-likeness (QED) is 0.449. The van der Waals surface area contributed by atoms with E-state index in [0.29, 0.717) is 33.6 Å². The molecule has 6 heteroatoms. The number of nitrogen functional groups attached to an aromatic ring is 1. The second kappa shape index (κ2) is 4.89. The number of nitrogens with zero attached hydrogens (tertiary/aromatic N) is 3. The number of hydrogen-bond donors (Lipinski definition) is 1. The molecule has 5 nitrogen and oxygen atoms in total. The minimum Gasteiger partial charge on any atom is -0.440 e. The molecule has 0 saturated carbocycles. The average Bonchev–Trinajstić information content (AvgIpc) is 2.83. The van der Waals surface area contributed by atoms with Crippen molar-refractivity contribution in [1.82, 2.24) is 15.0 Å². The first kappa shape index (κ1) is 12.0. The fraction of sp³-hybridized carbons (Fsp3) is 0.154. The smallest absolute Gasteiger partial charge is 0.206 e. The van der Waals surface area contributed by atoms with Crippen molar-refractivity contribution in [2.45, 2.75) is 17.8 Å². The van der Waals surface area contributed by atoms with Crippen molar-refractivity contribution in [2.24, 2.45) is 0 Å². The molecule has 2 N–H and O–H groups in total. The summed E-state index contributed by atoms with van der Waals surface area (Å²) in [6.45, 7) is 1.96. The zero-order valence-electron chi connectivity index (χ0n) is 10.3. The number of benzene rings is 1. The standard InChI is InChI=1S/C13H12N4OS/c1-8-5-15-13(16-6-8)19-7-11-17-12-9(14)3-2-4-10(12)18-11/h2-6H,7,14H2,1H3. The first-order valence-corrected chi connectivity index (χ1v) is 6.76. The van der Waals surface area contributed by atoms with Crippen molar-refractivity contribution in [3.05, 3.63) is 42.0 Å². The van der Waals surface area contributed by atoms with Gasteiger partial charge in [-0.25, -0.2) is 15.0 Å². The number of para-hydroxylation sites is 1. The highest BCUT2D eigenvalue weighted by Gasteiger charge is 2.09. The van der Waals surface area contributed by atoms with Crippen LogP contribution in [0.1, 0.15) is 11.5 Å². The van der Waals surface area contributed by atoms with E-state index in [2.05, 4.69) is 15.0 Å². The van der Waals surface area contributed by atoms with Gasteiger partial charge in [0, 0.05) is 12.4 Å². The highest BCUT2D eigenvalue weighted by molar-refractivity contribution is 7.98. The Bertz CT molecular complexity index is 708. The highest BCUT2D eigenvalue weighted by atomic mass is 32.2. The van der Waals surface area contributed by atoms with Crippen LogP contribution in [0.25, 0.3) is 11.1 Å². The molecule has 96 valence electrons. The van der Waals surface area contributed by atoms with Gasteiger partial charge in [0.1, 0.15) is 5.52 Å². The Balaban J connectivity index is 1.78. The van der Waals surface area contributed by atoms with E-state index in [4.69, 9.17) is 10.2 Å². The number of aromatic nitrogens is 3. The Morgan fingerprint density at radius 1 is 1.26 bits per heavy atom. The predicted octanol–water partition coefficient (Wildman–Crippen LogP) is 2.80. The van der Waals surface area contributed by atoms with Crippen molar-refractivity contribution < 1.29 is 4.42 Å². The van der Waals surface area contributed by atoms with Crippen molar-refractivity contribution in [2.75, 3.05) is 5.73 Å². The molecule has 0 spiro atoms. The third-order valence-electron chi connectivity index (χ3n) is 2.58. The normalized spacial score (nSPS) is 11.0. The molecule has 0 radical (unpaired) electrons. The lowest BCUT2D eigenvalue weighted by atomic mass is 10.3. The molecule has 0 aliphatic rings. The number of anilines is 1. The van der Waals surface area contributed by atoms with Crippen LogP contribution in [0, 0.1) is 6.92 Å². The maximum atomic E-state index is 5.84. The summed E-state index contributed by atoms with van der Waals surface area (Å²) in [7, 11) is 0. The molecule has 19 heavy (non-hydrogen) atoms. The van der Waals surface area contributed by atoms with Crippen molar-refractivity contribution in [3.63, 3.8) is 0 Å². The molecule has 0 aliphatic carbocycles. The van der Waals surface area contributed by atoms with Gasteiger partial charge in [-0.2, -0.15) is 0 Å². The molecule has 0 amide bonds. The SMILES string of the molecule is Cc1cnc(SCc2nc3c(N)cccc3o2)nc1. The largest absolute Gasteiger partial charge is 0.440 e. The van der Waals surface area contributed by atoms with Crippen LogP contribution in [-0.2, 0) is 5.75 Å². The summed E-state index contributed by atoms with van der Waals surface area (Å²) in [6, 6.07) is 5.52. The van der Waals surface area contributed by atoms with Crippen LogP contribution >= 0.6 is 11.8 Å². The highest BCUT2D eigenvalue weighted by Crippen LogP contribution is 2.25. The van der Waals surface area contributed by atoms with E-state index in [-0.39, 0.29) is 0 Å². The van der Waals surface area contributed by atoms with Gasteiger partial charge in [0.25, 0.3) is 0 Å². The average molecular weight is 272 g/mol. The second-order valence-electron chi connectivity index (χ2n) is 4.13. The van der Waals surface area contributed by atoms with Crippen LogP contribution in [0.5, 0.6) is 0 Å². The fourth-order valence-corrected chi connectivity index (χ4v) is 2.29. The third-order valence-corrected chi connectivity index (χ3v) is 3.44. The summed E-state index contributed by atoms with van der Waals surface area (Å²) in [5, 5.41) is 0.709. The van der Waals surface area contributed by atoms with E-state index in [9.17, 15) is 0 Å². The third kappa shape index (κ3) is 2.53. The van der Waals surface area contributed by atoms with Gasteiger partial charge in [0.05, 0.1) is 11.4 Å². The summed E-state index contributed by atoms with van der Waals surface area (Å²) in [5.74, 6) is 1.21. The Labute approximate surface area is 114 Å². The predicted molar refractivity (Wildman–Crippen MR) is 74.8 cm³/mol. The number of aryl methyl sites for hydroxylation is 1. The van der Waals surface area contributed by atoms with E-state index in [1.165, 1.54) is 11.8 Å². The van der Waals surface area contributed by atoms with Gasteiger partial charge in [-0.3, -0.25) is 0 Å². The summed E-state index contributed by atoms with van der Waals surface area (Å²) >= 11 is 1.48. The van der Waals surface area contributed by atoms with Gasteiger partial charge in [-0.05, 0) is 24.6 Å². The topological polar surface area (TPSA) is 77.8 Å². The summed E-state index contributed by atoms with van der Waals surface area (Å²) in [4.78, 5) is 12.8. The molecule has 0 aliphatic heterocycles. The summed E-state index contributed by atoms with van der Waals surface area (Å²) in [5.41, 5.74) is 8.93. The van der Waals surface area contributed by atoms with Gasteiger partial charge in [-0.15, -0.1) is 0 Å². The van der Waals surface area contributed by atoms with Crippen LogP contribution in [0.15, 0.2) is 40.2 Å². The van der Waals surface area contributed by atoms with Crippen LogP contribution in [0.3, 0.4) is 0 Å². The first-order chi connectivity index (χ1) is 9.22. The number of rotatable bonds is 3. The Kier molecular flexibility index (Phi) is 3.08. The fourth-order valence-electron chi connectivity index (χ4n) is 1.66. The second-order valence-corrected chi connectivity index (χ2v) is 5.08. The van der Waals surface area contributed by atoms with Crippen LogP contribution in [-0.4, -0.2) is 15.0 Å². The van der Waals surface area contributed by atoms with Crippen molar-refractivity contribution in [3.8, 4) is 0 Å². The molecule has 0 bridgehead atoms. The molecule has 3 rings (SSSR count). The number of nitrogens with two attached hydrogens (primary N) is 1. The number of thioether (sulfide) groups is 1. The number of oxazole rings is 1. The first-order valence-electron chi connectivity index (χ1n) is 5.78. The Morgan fingerprint density at radius 2 is 2.05 bits per heavy atom. The molecule has 1 aromatic carbocycles. The molecule has 3 aromatic rings. The Morgan fingerprint density at radius 3 is 2.79 bits per heavy atom. The maximum absolute atomic E-state index is 5.84.